The highest BCUT2D eigenvalue weighted by Gasteiger charge is 2.06. The van der Waals surface area contributed by atoms with Gasteiger partial charge in [0.1, 0.15) is 5.82 Å². The van der Waals surface area contributed by atoms with E-state index in [9.17, 15) is 14.5 Å². The van der Waals surface area contributed by atoms with Crippen molar-refractivity contribution < 1.29 is 9.31 Å². The minimum absolute atomic E-state index is 0.0635. The molecule has 2 aromatic carbocycles. The third-order valence-electron chi connectivity index (χ3n) is 3.42. The van der Waals surface area contributed by atoms with Crippen LogP contribution < -0.4 is 10.6 Å². The molecule has 0 aliphatic heterocycles. The number of rotatable bonds is 6. The Morgan fingerprint density at radius 1 is 1.17 bits per heavy atom. The molecule has 0 spiro atoms. The molecule has 24 heavy (non-hydrogen) atoms. The summed E-state index contributed by atoms with van der Waals surface area (Å²) in [5.41, 5.74) is 1.89. The molecule has 2 aromatic rings. The second-order valence-electron chi connectivity index (χ2n) is 5.16. The highest BCUT2D eigenvalue weighted by Crippen LogP contribution is 2.12. The molecule has 0 aliphatic rings. The third kappa shape index (κ3) is 5.35. The highest BCUT2D eigenvalue weighted by molar-refractivity contribution is 5.79. The van der Waals surface area contributed by atoms with Gasteiger partial charge in [0, 0.05) is 32.3 Å². The molecule has 0 atom stereocenters. The van der Waals surface area contributed by atoms with E-state index in [1.165, 1.54) is 24.3 Å². The summed E-state index contributed by atoms with van der Waals surface area (Å²) < 4.78 is 12.8. The van der Waals surface area contributed by atoms with Gasteiger partial charge in [0.05, 0.1) is 4.92 Å². The van der Waals surface area contributed by atoms with Crippen molar-refractivity contribution in [3.63, 3.8) is 0 Å². The lowest BCUT2D eigenvalue weighted by atomic mass is 10.1. The number of benzene rings is 2. The summed E-state index contributed by atoms with van der Waals surface area (Å²) in [4.78, 5) is 14.5. The van der Waals surface area contributed by atoms with E-state index in [0.717, 1.165) is 17.5 Å². The van der Waals surface area contributed by atoms with Crippen LogP contribution in [0.25, 0.3) is 0 Å². The molecule has 0 saturated heterocycles. The molecule has 0 fully saturated rings. The number of guanidine groups is 1. The second kappa shape index (κ2) is 8.61. The van der Waals surface area contributed by atoms with Gasteiger partial charge in [-0.15, -0.1) is 0 Å². The Bertz CT molecular complexity index is 717. The quantitative estimate of drug-likeness (QED) is 0.369. The van der Waals surface area contributed by atoms with Crippen LogP contribution in [0, 0.1) is 15.9 Å². The Hall–Kier alpha value is -2.96. The maximum Gasteiger partial charge on any atom is 0.269 e. The van der Waals surface area contributed by atoms with Crippen LogP contribution in [-0.2, 0) is 13.0 Å². The minimum Gasteiger partial charge on any atom is -0.356 e. The molecule has 7 heteroatoms. The number of aliphatic imine (C=N–C) groups is 1. The first-order valence-electron chi connectivity index (χ1n) is 7.51. The number of nitrogens with zero attached hydrogens (tertiary/aromatic N) is 2. The number of nitro benzene ring substituents is 1. The van der Waals surface area contributed by atoms with Crippen LogP contribution in [0.3, 0.4) is 0 Å². The van der Waals surface area contributed by atoms with E-state index in [-0.39, 0.29) is 11.5 Å². The van der Waals surface area contributed by atoms with E-state index in [4.69, 9.17) is 0 Å². The number of halogens is 1. The molecule has 6 nitrogen and oxygen atoms in total. The van der Waals surface area contributed by atoms with Gasteiger partial charge in [-0.25, -0.2) is 4.39 Å². The van der Waals surface area contributed by atoms with Gasteiger partial charge in [-0.3, -0.25) is 15.1 Å². The molecule has 0 bridgehead atoms. The summed E-state index contributed by atoms with van der Waals surface area (Å²) in [6, 6.07) is 12.8. The zero-order valence-electron chi connectivity index (χ0n) is 13.3. The maximum absolute atomic E-state index is 12.8. The van der Waals surface area contributed by atoms with Gasteiger partial charge in [-0.2, -0.15) is 0 Å². The second-order valence-corrected chi connectivity index (χ2v) is 5.16. The fourth-order valence-electron chi connectivity index (χ4n) is 2.16. The average Bonchev–Trinajstić information content (AvgIpc) is 2.59. The predicted octanol–water partition coefficient (Wildman–Crippen LogP) is 2.64. The predicted molar refractivity (Wildman–Crippen MR) is 91.4 cm³/mol. The van der Waals surface area contributed by atoms with E-state index < -0.39 is 4.92 Å². The zero-order chi connectivity index (χ0) is 17.4. The molecule has 0 unspecified atom stereocenters. The zero-order valence-corrected chi connectivity index (χ0v) is 13.3. The lowest BCUT2D eigenvalue weighted by Crippen LogP contribution is -2.37. The number of nitro groups is 1. The summed E-state index contributed by atoms with van der Waals surface area (Å²) in [5, 5.41) is 17.0. The van der Waals surface area contributed by atoms with E-state index >= 15 is 0 Å². The lowest BCUT2D eigenvalue weighted by Gasteiger charge is -2.12. The lowest BCUT2D eigenvalue weighted by molar-refractivity contribution is -0.384. The van der Waals surface area contributed by atoms with Crippen LogP contribution in [-0.4, -0.2) is 24.5 Å². The van der Waals surface area contributed by atoms with Gasteiger partial charge >= 0.3 is 0 Å². The van der Waals surface area contributed by atoms with E-state index in [1.807, 2.05) is 6.07 Å². The number of hydrogen-bond donors (Lipinski definition) is 2. The Morgan fingerprint density at radius 2 is 1.92 bits per heavy atom. The number of non-ortho nitro benzene ring substituents is 1. The fourth-order valence-corrected chi connectivity index (χ4v) is 2.16. The van der Waals surface area contributed by atoms with Crippen LogP contribution in [0.2, 0.25) is 0 Å². The molecule has 126 valence electrons. The first kappa shape index (κ1) is 17.4. The van der Waals surface area contributed by atoms with Crippen molar-refractivity contribution in [2.75, 3.05) is 13.6 Å². The normalized spacial score (nSPS) is 11.2. The van der Waals surface area contributed by atoms with E-state index in [0.29, 0.717) is 19.0 Å². The molecule has 2 N–H and O–H groups in total. The van der Waals surface area contributed by atoms with Crippen LogP contribution in [0.15, 0.2) is 53.5 Å². The van der Waals surface area contributed by atoms with Crippen LogP contribution in [0.1, 0.15) is 11.1 Å². The van der Waals surface area contributed by atoms with Crippen LogP contribution in [0.5, 0.6) is 0 Å². The summed E-state index contributed by atoms with van der Waals surface area (Å²) >= 11 is 0. The standard InChI is InChI=1S/C17H19FN4O2/c1-19-17(20-10-9-13-5-7-15(18)8-6-13)21-12-14-3-2-4-16(11-14)22(23)24/h2-8,11H,9-10,12H2,1H3,(H2,19,20,21). The Kier molecular flexibility index (Phi) is 6.24. The van der Waals surface area contributed by atoms with Gasteiger partial charge in [-0.1, -0.05) is 24.3 Å². The van der Waals surface area contributed by atoms with Crippen molar-refractivity contribution in [1.82, 2.24) is 10.6 Å². The Morgan fingerprint density at radius 3 is 2.58 bits per heavy atom. The molecule has 0 radical (unpaired) electrons. The highest BCUT2D eigenvalue weighted by atomic mass is 19.1. The van der Waals surface area contributed by atoms with Crippen molar-refractivity contribution in [3.05, 3.63) is 75.6 Å². The molecule has 0 heterocycles. The van der Waals surface area contributed by atoms with Crippen molar-refractivity contribution in [2.45, 2.75) is 13.0 Å². The van der Waals surface area contributed by atoms with E-state index in [1.54, 1.807) is 25.2 Å². The molecule has 0 saturated carbocycles. The molecule has 0 amide bonds. The van der Waals surface area contributed by atoms with E-state index in [2.05, 4.69) is 15.6 Å². The molecule has 0 aromatic heterocycles. The van der Waals surface area contributed by atoms with Crippen LogP contribution in [0.4, 0.5) is 10.1 Å². The van der Waals surface area contributed by atoms with Crippen molar-refractivity contribution >= 4 is 11.6 Å². The number of hydrogen-bond acceptors (Lipinski definition) is 3. The summed E-state index contributed by atoms with van der Waals surface area (Å²) in [5.74, 6) is 0.352. The molecular formula is C17H19FN4O2. The largest absolute Gasteiger partial charge is 0.356 e. The third-order valence-corrected chi connectivity index (χ3v) is 3.42. The first-order valence-corrected chi connectivity index (χ1v) is 7.51. The smallest absolute Gasteiger partial charge is 0.269 e. The van der Waals surface area contributed by atoms with Gasteiger partial charge in [-0.05, 0) is 29.7 Å². The average molecular weight is 330 g/mol. The molecule has 2 rings (SSSR count). The number of nitrogens with one attached hydrogen (secondary N) is 2. The van der Waals surface area contributed by atoms with Crippen molar-refractivity contribution in [1.29, 1.82) is 0 Å². The van der Waals surface area contributed by atoms with Gasteiger partial charge in [0.25, 0.3) is 5.69 Å². The SMILES string of the molecule is CN=C(NCCc1ccc(F)cc1)NCc1cccc([N+](=O)[O-])c1. The monoisotopic (exact) mass is 330 g/mol. The topological polar surface area (TPSA) is 79.6 Å². The Labute approximate surface area is 139 Å². The summed E-state index contributed by atoms with van der Waals surface area (Å²) in [7, 11) is 1.65. The Balaban J connectivity index is 1.81. The molecular weight excluding hydrogens is 311 g/mol. The first-order chi connectivity index (χ1) is 11.6. The van der Waals surface area contributed by atoms with Crippen molar-refractivity contribution in [2.24, 2.45) is 4.99 Å². The summed E-state index contributed by atoms with van der Waals surface area (Å²) in [6.07, 6.45) is 0.734. The molecule has 0 aliphatic carbocycles. The van der Waals surface area contributed by atoms with Crippen molar-refractivity contribution in [3.8, 4) is 0 Å². The summed E-state index contributed by atoms with van der Waals surface area (Å²) in [6.45, 7) is 1.07. The van der Waals surface area contributed by atoms with Gasteiger partial charge < -0.3 is 10.6 Å². The van der Waals surface area contributed by atoms with Gasteiger partial charge in [0.2, 0.25) is 0 Å². The fraction of sp³-hybridized carbons (Fsp3) is 0.235. The minimum atomic E-state index is -0.417. The maximum atomic E-state index is 12.8. The van der Waals surface area contributed by atoms with Gasteiger partial charge in [0.15, 0.2) is 5.96 Å². The van der Waals surface area contributed by atoms with Crippen LogP contribution >= 0.6 is 0 Å².